The van der Waals surface area contributed by atoms with E-state index in [1.165, 1.54) is 15.6 Å². The van der Waals surface area contributed by atoms with Crippen LogP contribution in [-0.2, 0) is 9.59 Å². The highest BCUT2D eigenvalue weighted by molar-refractivity contribution is 6.33. The topological polar surface area (TPSA) is 78.8 Å². The summed E-state index contributed by atoms with van der Waals surface area (Å²) in [5.41, 5.74) is 0.936. The summed E-state index contributed by atoms with van der Waals surface area (Å²) in [5.74, 6) is -1.39. The average Bonchev–Trinajstić information content (AvgIpc) is 3.27. The van der Waals surface area contributed by atoms with E-state index < -0.39 is 17.3 Å². The van der Waals surface area contributed by atoms with Crippen LogP contribution >= 0.6 is 11.6 Å². The van der Waals surface area contributed by atoms with Gasteiger partial charge in [0.2, 0.25) is 11.8 Å². The molecule has 35 heavy (non-hydrogen) atoms. The molecule has 5 rings (SSSR count). The van der Waals surface area contributed by atoms with Crippen molar-refractivity contribution in [1.82, 2.24) is 14.7 Å². The van der Waals surface area contributed by atoms with Gasteiger partial charge in [0.15, 0.2) is 0 Å². The third kappa shape index (κ3) is 4.39. The first-order valence-electron chi connectivity index (χ1n) is 11.4. The molecule has 2 aromatic carbocycles. The molecule has 8 nitrogen and oxygen atoms in total. The van der Waals surface area contributed by atoms with Crippen molar-refractivity contribution in [2.75, 3.05) is 42.5 Å². The predicted octanol–water partition coefficient (Wildman–Crippen LogP) is 2.73. The van der Waals surface area contributed by atoms with Crippen molar-refractivity contribution in [1.29, 1.82) is 0 Å². The molecule has 10 heteroatoms. The highest BCUT2D eigenvalue weighted by Gasteiger charge is 2.38. The maximum absolute atomic E-state index is 14.1. The highest BCUT2D eigenvalue weighted by atomic mass is 35.5. The Hall–Kier alpha value is -3.72. The molecule has 2 saturated heterocycles. The SMILES string of the molecule is O=C(C1CC(=O)N(c2ccccc2F)C1)N1CCN(c2cnn(-c3ccccc3)c(=O)c2Cl)CC1. The number of carbonyl (C=O) groups excluding carboxylic acids is 2. The summed E-state index contributed by atoms with van der Waals surface area (Å²) in [4.78, 5) is 43.4. The Bertz CT molecular complexity index is 1320. The van der Waals surface area contributed by atoms with Gasteiger partial charge in [-0.05, 0) is 24.3 Å². The van der Waals surface area contributed by atoms with Gasteiger partial charge in [-0.2, -0.15) is 9.78 Å². The van der Waals surface area contributed by atoms with Gasteiger partial charge in [-0.25, -0.2) is 4.39 Å². The van der Waals surface area contributed by atoms with E-state index in [4.69, 9.17) is 11.6 Å². The normalized spacial score (nSPS) is 18.3. The Balaban J connectivity index is 1.24. The van der Waals surface area contributed by atoms with Crippen molar-refractivity contribution in [3.63, 3.8) is 0 Å². The number of carbonyl (C=O) groups is 2. The minimum atomic E-state index is -0.520. The number of amides is 2. The standard InChI is InChI=1S/C25H23ClFN5O3/c26-23-21(15-28-32(25(23)35)18-6-2-1-3-7-18)29-10-12-30(13-11-29)24(34)17-14-22(33)31(16-17)20-9-5-4-8-19(20)27/h1-9,15,17H,10-14,16H2. The quantitative estimate of drug-likeness (QED) is 0.556. The summed E-state index contributed by atoms with van der Waals surface area (Å²) >= 11 is 6.42. The van der Waals surface area contributed by atoms with Gasteiger partial charge in [-0.1, -0.05) is 41.9 Å². The van der Waals surface area contributed by atoms with E-state index in [1.54, 1.807) is 41.4 Å². The number of hydrogen-bond donors (Lipinski definition) is 0. The Morgan fingerprint density at radius 1 is 0.943 bits per heavy atom. The Morgan fingerprint density at radius 2 is 1.63 bits per heavy atom. The molecule has 1 unspecified atom stereocenters. The molecule has 3 aromatic rings. The fraction of sp³-hybridized carbons (Fsp3) is 0.280. The summed E-state index contributed by atoms with van der Waals surface area (Å²) in [5, 5.41) is 4.35. The van der Waals surface area contributed by atoms with Crippen molar-refractivity contribution < 1.29 is 14.0 Å². The zero-order valence-electron chi connectivity index (χ0n) is 18.8. The van der Waals surface area contributed by atoms with Crippen molar-refractivity contribution in [3.05, 3.63) is 82.0 Å². The molecule has 0 spiro atoms. The third-order valence-corrected chi connectivity index (χ3v) is 6.81. The molecule has 2 aliphatic rings. The molecule has 1 aromatic heterocycles. The van der Waals surface area contributed by atoms with Gasteiger partial charge in [0.1, 0.15) is 10.8 Å². The molecular formula is C25H23ClFN5O3. The molecule has 0 radical (unpaired) electrons. The van der Waals surface area contributed by atoms with Crippen LogP contribution in [0, 0.1) is 11.7 Å². The number of anilines is 2. The minimum Gasteiger partial charge on any atom is -0.365 e. The fourth-order valence-electron chi connectivity index (χ4n) is 4.60. The van der Waals surface area contributed by atoms with Crippen LogP contribution < -0.4 is 15.4 Å². The van der Waals surface area contributed by atoms with Crippen LogP contribution in [0.25, 0.3) is 5.69 Å². The van der Waals surface area contributed by atoms with E-state index in [-0.39, 0.29) is 35.5 Å². The first kappa shape index (κ1) is 23.0. The van der Waals surface area contributed by atoms with Crippen molar-refractivity contribution in [3.8, 4) is 5.69 Å². The number of aromatic nitrogens is 2. The van der Waals surface area contributed by atoms with Gasteiger partial charge >= 0.3 is 0 Å². The van der Waals surface area contributed by atoms with Crippen LogP contribution in [0.1, 0.15) is 6.42 Å². The second kappa shape index (κ2) is 9.50. The predicted molar refractivity (Wildman–Crippen MR) is 130 cm³/mol. The molecule has 2 fully saturated rings. The maximum Gasteiger partial charge on any atom is 0.292 e. The molecular weight excluding hydrogens is 473 g/mol. The number of para-hydroxylation sites is 2. The monoisotopic (exact) mass is 495 g/mol. The summed E-state index contributed by atoms with van der Waals surface area (Å²) in [6.45, 7) is 1.94. The van der Waals surface area contributed by atoms with E-state index in [0.29, 0.717) is 37.6 Å². The zero-order valence-corrected chi connectivity index (χ0v) is 19.6. The van der Waals surface area contributed by atoms with E-state index in [1.807, 2.05) is 23.1 Å². The lowest BCUT2D eigenvalue weighted by molar-refractivity contribution is -0.136. The van der Waals surface area contributed by atoms with E-state index in [0.717, 1.165) is 0 Å². The number of benzene rings is 2. The fourth-order valence-corrected chi connectivity index (χ4v) is 4.85. The minimum absolute atomic E-state index is 0.0564. The number of hydrogen-bond acceptors (Lipinski definition) is 5. The van der Waals surface area contributed by atoms with Gasteiger partial charge in [0, 0.05) is 39.1 Å². The number of nitrogens with zero attached hydrogens (tertiary/aromatic N) is 5. The summed E-state index contributed by atoms with van der Waals surface area (Å²) < 4.78 is 15.4. The first-order valence-corrected chi connectivity index (χ1v) is 11.7. The largest absolute Gasteiger partial charge is 0.365 e. The van der Waals surface area contributed by atoms with Crippen LogP contribution in [0.2, 0.25) is 5.02 Å². The molecule has 0 bridgehead atoms. The van der Waals surface area contributed by atoms with Crippen LogP contribution in [0.5, 0.6) is 0 Å². The Labute approximate surface area is 206 Å². The van der Waals surface area contributed by atoms with E-state index in [9.17, 15) is 18.8 Å². The second-order valence-electron chi connectivity index (χ2n) is 8.57. The molecule has 2 amide bonds. The lowest BCUT2D eigenvalue weighted by Crippen LogP contribution is -2.51. The van der Waals surface area contributed by atoms with Crippen molar-refractivity contribution in [2.24, 2.45) is 5.92 Å². The molecule has 3 heterocycles. The smallest absolute Gasteiger partial charge is 0.292 e. The van der Waals surface area contributed by atoms with Gasteiger partial charge in [-0.15, -0.1) is 0 Å². The van der Waals surface area contributed by atoms with Crippen LogP contribution in [-0.4, -0.2) is 59.2 Å². The van der Waals surface area contributed by atoms with Crippen LogP contribution in [0.3, 0.4) is 0 Å². The number of halogens is 2. The maximum atomic E-state index is 14.1. The van der Waals surface area contributed by atoms with Gasteiger partial charge in [-0.3, -0.25) is 14.4 Å². The van der Waals surface area contributed by atoms with Crippen molar-refractivity contribution in [2.45, 2.75) is 6.42 Å². The first-order chi connectivity index (χ1) is 16.9. The molecule has 2 aliphatic heterocycles. The molecule has 180 valence electrons. The molecule has 0 aliphatic carbocycles. The van der Waals surface area contributed by atoms with Gasteiger partial charge in [0.05, 0.1) is 29.2 Å². The van der Waals surface area contributed by atoms with E-state index >= 15 is 0 Å². The van der Waals surface area contributed by atoms with Crippen molar-refractivity contribution >= 4 is 34.8 Å². The lowest BCUT2D eigenvalue weighted by Gasteiger charge is -2.37. The summed E-state index contributed by atoms with van der Waals surface area (Å²) in [7, 11) is 0. The van der Waals surface area contributed by atoms with Gasteiger partial charge < -0.3 is 14.7 Å². The summed E-state index contributed by atoms with van der Waals surface area (Å²) in [6.07, 6.45) is 1.62. The van der Waals surface area contributed by atoms with Crippen LogP contribution in [0.4, 0.5) is 15.8 Å². The highest BCUT2D eigenvalue weighted by Crippen LogP contribution is 2.29. The molecule has 1 atom stereocenters. The average molecular weight is 496 g/mol. The molecule has 0 saturated carbocycles. The number of rotatable bonds is 4. The second-order valence-corrected chi connectivity index (χ2v) is 8.94. The molecule has 0 N–H and O–H groups in total. The third-order valence-electron chi connectivity index (χ3n) is 6.45. The number of piperazine rings is 1. The Kier molecular flexibility index (Phi) is 6.25. The van der Waals surface area contributed by atoms with Crippen LogP contribution in [0.15, 0.2) is 65.6 Å². The lowest BCUT2D eigenvalue weighted by atomic mass is 10.1. The van der Waals surface area contributed by atoms with Gasteiger partial charge in [0.25, 0.3) is 5.56 Å². The summed E-state index contributed by atoms with van der Waals surface area (Å²) in [6, 6.07) is 15.1. The zero-order chi connectivity index (χ0) is 24.5. The van der Waals surface area contributed by atoms with E-state index in [2.05, 4.69) is 5.10 Å². The Morgan fingerprint density at radius 3 is 2.34 bits per heavy atom.